The van der Waals surface area contributed by atoms with Crippen LogP contribution in [-0.2, 0) is 0 Å². The average Bonchev–Trinajstić information content (AvgIpc) is 2.34. The van der Waals surface area contributed by atoms with E-state index in [9.17, 15) is 0 Å². The lowest BCUT2D eigenvalue weighted by Gasteiger charge is -2.26. The highest BCUT2D eigenvalue weighted by atomic mass is 15.4. The maximum atomic E-state index is 3.95. The fourth-order valence-electron chi connectivity index (χ4n) is 0.821. The van der Waals surface area contributed by atoms with Gasteiger partial charge >= 0.3 is 0 Å². The number of hydrogen-bond donors (Lipinski definition) is 0. The Labute approximate surface area is 67.4 Å². The predicted octanol–water partition coefficient (Wildman–Crippen LogP) is 1.89. The third-order valence-electron chi connectivity index (χ3n) is 2.09. The van der Waals surface area contributed by atoms with Crippen LogP contribution in [0.1, 0.15) is 33.7 Å². The van der Waals surface area contributed by atoms with Crippen molar-refractivity contribution in [1.82, 2.24) is 15.0 Å². The van der Waals surface area contributed by atoms with Crippen molar-refractivity contribution >= 4 is 0 Å². The van der Waals surface area contributed by atoms with Gasteiger partial charge in [-0.3, -0.25) is 0 Å². The summed E-state index contributed by atoms with van der Waals surface area (Å²) in [5, 5.41) is 7.72. The second-order valence-electron chi connectivity index (χ2n) is 3.93. The number of rotatable bonds is 1. The van der Waals surface area contributed by atoms with Gasteiger partial charge in [-0.1, -0.05) is 26.0 Å². The van der Waals surface area contributed by atoms with E-state index in [0.29, 0.717) is 6.04 Å². The molecule has 3 heteroatoms. The Morgan fingerprint density at radius 3 is 2.36 bits per heavy atom. The topological polar surface area (TPSA) is 30.7 Å². The van der Waals surface area contributed by atoms with Gasteiger partial charge in [0.2, 0.25) is 0 Å². The molecule has 0 fully saturated rings. The van der Waals surface area contributed by atoms with Crippen molar-refractivity contribution in [3.63, 3.8) is 0 Å². The lowest BCUT2D eigenvalue weighted by atomic mass is 9.88. The Morgan fingerprint density at radius 2 is 2.00 bits per heavy atom. The van der Waals surface area contributed by atoms with Crippen molar-refractivity contribution in [3.8, 4) is 0 Å². The van der Waals surface area contributed by atoms with E-state index in [1.807, 2.05) is 10.9 Å². The second-order valence-corrected chi connectivity index (χ2v) is 3.93. The molecule has 11 heavy (non-hydrogen) atoms. The first-order valence-electron chi connectivity index (χ1n) is 3.87. The Bertz CT molecular complexity index is 208. The van der Waals surface area contributed by atoms with E-state index in [2.05, 4.69) is 38.0 Å². The van der Waals surface area contributed by atoms with Gasteiger partial charge in [-0.15, -0.1) is 5.10 Å². The minimum absolute atomic E-state index is 0.244. The molecule has 1 unspecified atom stereocenters. The summed E-state index contributed by atoms with van der Waals surface area (Å²) in [7, 11) is 0. The summed E-state index contributed by atoms with van der Waals surface area (Å²) in [5.41, 5.74) is 0.244. The maximum Gasteiger partial charge on any atom is 0.0693 e. The van der Waals surface area contributed by atoms with Crippen LogP contribution in [0.15, 0.2) is 12.4 Å². The van der Waals surface area contributed by atoms with E-state index in [-0.39, 0.29) is 5.41 Å². The molecule has 0 aromatic carbocycles. The molecule has 1 heterocycles. The molecule has 1 atom stereocenters. The van der Waals surface area contributed by atoms with Gasteiger partial charge in [0.25, 0.3) is 0 Å². The van der Waals surface area contributed by atoms with E-state index in [4.69, 9.17) is 0 Å². The number of hydrogen-bond acceptors (Lipinski definition) is 2. The van der Waals surface area contributed by atoms with Gasteiger partial charge in [-0.2, -0.15) is 0 Å². The van der Waals surface area contributed by atoms with Crippen LogP contribution in [0.2, 0.25) is 0 Å². The lowest BCUT2D eigenvalue weighted by Crippen LogP contribution is -2.21. The van der Waals surface area contributed by atoms with E-state index >= 15 is 0 Å². The molecule has 0 saturated heterocycles. The largest absolute Gasteiger partial charge is 0.249 e. The van der Waals surface area contributed by atoms with Crippen molar-refractivity contribution in [3.05, 3.63) is 12.4 Å². The average molecular weight is 153 g/mol. The molecule has 62 valence electrons. The van der Waals surface area contributed by atoms with Gasteiger partial charge in [0, 0.05) is 6.20 Å². The molecule has 0 radical (unpaired) electrons. The number of aromatic nitrogens is 3. The molecule has 0 saturated carbocycles. The normalized spacial score (nSPS) is 14.9. The van der Waals surface area contributed by atoms with Gasteiger partial charge < -0.3 is 0 Å². The van der Waals surface area contributed by atoms with Crippen LogP contribution in [0.25, 0.3) is 0 Å². The van der Waals surface area contributed by atoms with Crippen LogP contribution in [-0.4, -0.2) is 15.0 Å². The van der Waals surface area contributed by atoms with Gasteiger partial charge in [0.05, 0.1) is 12.2 Å². The van der Waals surface area contributed by atoms with E-state index < -0.39 is 0 Å². The monoisotopic (exact) mass is 153 g/mol. The molecule has 0 aliphatic carbocycles. The Morgan fingerprint density at radius 1 is 1.36 bits per heavy atom. The summed E-state index contributed by atoms with van der Waals surface area (Å²) in [4.78, 5) is 0. The SMILES string of the molecule is CC(n1ccnn1)C(C)(C)C. The quantitative estimate of drug-likeness (QED) is 0.616. The van der Waals surface area contributed by atoms with Crippen molar-refractivity contribution in [2.45, 2.75) is 33.7 Å². The molecular formula is C8H15N3. The summed E-state index contributed by atoms with van der Waals surface area (Å²) < 4.78 is 1.89. The van der Waals surface area contributed by atoms with Crippen LogP contribution in [0.4, 0.5) is 0 Å². The minimum atomic E-state index is 0.244. The Hall–Kier alpha value is -0.860. The zero-order chi connectivity index (χ0) is 8.48. The summed E-state index contributed by atoms with van der Waals surface area (Å²) in [6.07, 6.45) is 3.61. The van der Waals surface area contributed by atoms with Gasteiger partial charge in [0.15, 0.2) is 0 Å². The van der Waals surface area contributed by atoms with E-state index in [1.54, 1.807) is 6.20 Å². The minimum Gasteiger partial charge on any atom is -0.249 e. The number of nitrogens with zero attached hydrogens (tertiary/aromatic N) is 3. The predicted molar refractivity (Wildman–Crippen MR) is 44.2 cm³/mol. The van der Waals surface area contributed by atoms with Crippen LogP contribution >= 0.6 is 0 Å². The third kappa shape index (κ3) is 1.79. The van der Waals surface area contributed by atoms with Gasteiger partial charge in [-0.25, -0.2) is 4.68 Å². The van der Waals surface area contributed by atoms with Crippen molar-refractivity contribution in [2.24, 2.45) is 5.41 Å². The van der Waals surface area contributed by atoms with Crippen LogP contribution in [0.3, 0.4) is 0 Å². The molecule has 0 bridgehead atoms. The second kappa shape index (κ2) is 2.64. The van der Waals surface area contributed by atoms with Crippen LogP contribution < -0.4 is 0 Å². The fourth-order valence-corrected chi connectivity index (χ4v) is 0.821. The maximum absolute atomic E-state index is 3.95. The molecule has 0 aliphatic heterocycles. The third-order valence-corrected chi connectivity index (χ3v) is 2.09. The molecule has 0 amide bonds. The Kier molecular flexibility index (Phi) is 1.98. The molecule has 1 aromatic rings. The summed E-state index contributed by atoms with van der Waals surface area (Å²) in [5.74, 6) is 0. The van der Waals surface area contributed by atoms with Crippen LogP contribution in [0.5, 0.6) is 0 Å². The molecule has 3 nitrogen and oxygen atoms in total. The van der Waals surface area contributed by atoms with E-state index in [1.165, 1.54) is 0 Å². The zero-order valence-corrected chi connectivity index (χ0v) is 7.57. The summed E-state index contributed by atoms with van der Waals surface area (Å²) in [6, 6.07) is 0.394. The molecule has 1 aromatic heterocycles. The molecular weight excluding hydrogens is 138 g/mol. The highest BCUT2D eigenvalue weighted by molar-refractivity contribution is 4.77. The van der Waals surface area contributed by atoms with E-state index in [0.717, 1.165) is 0 Å². The summed E-state index contributed by atoms with van der Waals surface area (Å²) >= 11 is 0. The smallest absolute Gasteiger partial charge is 0.0693 e. The summed E-state index contributed by atoms with van der Waals surface area (Å²) in [6.45, 7) is 8.73. The Balaban J connectivity index is 2.78. The fraction of sp³-hybridized carbons (Fsp3) is 0.750. The molecule has 0 aliphatic rings. The van der Waals surface area contributed by atoms with Crippen molar-refractivity contribution in [2.75, 3.05) is 0 Å². The first kappa shape index (κ1) is 8.24. The van der Waals surface area contributed by atoms with Crippen molar-refractivity contribution < 1.29 is 0 Å². The lowest BCUT2D eigenvalue weighted by molar-refractivity contribution is 0.241. The van der Waals surface area contributed by atoms with Crippen LogP contribution in [0, 0.1) is 5.41 Å². The zero-order valence-electron chi connectivity index (χ0n) is 7.57. The van der Waals surface area contributed by atoms with Gasteiger partial charge in [-0.05, 0) is 12.3 Å². The standard InChI is InChI=1S/C8H15N3/c1-7(8(2,3)4)11-6-5-9-10-11/h5-7H,1-4H3. The van der Waals surface area contributed by atoms with Gasteiger partial charge in [0.1, 0.15) is 0 Å². The first-order valence-corrected chi connectivity index (χ1v) is 3.87. The highest BCUT2D eigenvalue weighted by Gasteiger charge is 2.21. The van der Waals surface area contributed by atoms with Crippen molar-refractivity contribution in [1.29, 1.82) is 0 Å². The highest BCUT2D eigenvalue weighted by Crippen LogP contribution is 2.28. The molecule has 1 rings (SSSR count). The first-order chi connectivity index (χ1) is 5.02. The molecule has 0 N–H and O–H groups in total. The molecule has 0 spiro atoms.